The Morgan fingerprint density at radius 1 is 1.85 bits per heavy atom. The maximum Gasteiger partial charge on any atom is 0.234 e. The van der Waals surface area contributed by atoms with E-state index in [1.165, 1.54) is 0 Å². The average Bonchev–Trinajstić information content (AvgIpc) is 2.46. The smallest absolute Gasteiger partial charge is 0.234 e. The van der Waals surface area contributed by atoms with Crippen LogP contribution in [0.2, 0.25) is 0 Å². The predicted molar refractivity (Wildman–Crippen MR) is 50.0 cm³/mol. The molecule has 3 atom stereocenters. The van der Waals surface area contributed by atoms with E-state index in [1.54, 1.807) is 6.08 Å². The summed E-state index contributed by atoms with van der Waals surface area (Å²) in [5, 5.41) is 9.38. The highest BCUT2D eigenvalue weighted by Crippen LogP contribution is 2.20. The molecule has 0 aromatic heterocycles. The van der Waals surface area contributed by atoms with Crippen LogP contribution in [0.3, 0.4) is 0 Å². The van der Waals surface area contributed by atoms with Gasteiger partial charge in [-0.25, -0.2) is 0 Å². The number of hydrogen-bond donors (Lipinski definition) is 2. The van der Waals surface area contributed by atoms with Crippen molar-refractivity contribution in [2.45, 2.75) is 31.5 Å². The average molecular weight is 184 g/mol. The molecule has 3 N–H and O–H groups in total. The molecule has 1 aliphatic heterocycles. The molecule has 0 aliphatic carbocycles. The molecular weight excluding hydrogens is 168 g/mol. The molecule has 1 heterocycles. The Labute approximate surface area is 78.0 Å². The Bertz CT molecular complexity index is 218. The van der Waals surface area contributed by atoms with Gasteiger partial charge in [0.2, 0.25) is 5.91 Å². The van der Waals surface area contributed by atoms with E-state index in [0.717, 1.165) is 0 Å². The number of carbonyl (C=O) groups excluding carboxylic acids is 1. The molecule has 0 saturated carbocycles. The predicted octanol–water partition coefficient (Wildman–Crippen LogP) is -0.519. The van der Waals surface area contributed by atoms with Gasteiger partial charge in [0.05, 0.1) is 12.1 Å². The zero-order valence-corrected chi connectivity index (χ0v) is 7.81. The summed E-state index contributed by atoms with van der Waals surface area (Å²) < 4.78 is 0. The van der Waals surface area contributed by atoms with Crippen molar-refractivity contribution in [2.24, 2.45) is 5.73 Å². The van der Waals surface area contributed by atoms with Crippen molar-refractivity contribution in [1.82, 2.24) is 4.90 Å². The number of aliphatic hydroxyl groups excluding tert-OH is 1. The first kappa shape index (κ1) is 10.2. The fourth-order valence-corrected chi connectivity index (χ4v) is 1.70. The first-order chi connectivity index (χ1) is 6.06. The van der Waals surface area contributed by atoms with E-state index in [1.807, 2.05) is 11.8 Å². The highest BCUT2D eigenvalue weighted by molar-refractivity contribution is 5.80. The molecule has 1 saturated heterocycles. The van der Waals surface area contributed by atoms with Crippen LogP contribution in [-0.4, -0.2) is 40.6 Å². The summed E-state index contributed by atoms with van der Waals surface area (Å²) in [6.45, 7) is 6.08. The summed E-state index contributed by atoms with van der Waals surface area (Å²) >= 11 is 0. The molecule has 1 amide bonds. The fourth-order valence-electron chi connectivity index (χ4n) is 1.70. The summed E-state index contributed by atoms with van der Waals surface area (Å²) in [5.41, 5.74) is 5.22. The Morgan fingerprint density at radius 3 is 2.92 bits per heavy atom. The summed E-state index contributed by atoms with van der Waals surface area (Å²) in [7, 11) is 0. The van der Waals surface area contributed by atoms with Gasteiger partial charge in [0.25, 0.3) is 0 Å². The van der Waals surface area contributed by atoms with E-state index in [-0.39, 0.29) is 18.0 Å². The molecular formula is C9H16N2O2. The molecule has 0 bridgehead atoms. The van der Waals surface area contributed by atoms with Crippen molar-refractivity contribution in [2.75, 3.05) is 6.54 Å². The Balaban J connectivity index is 2.71. The van der Waals surface area contributed by atoms with Gasteiger partial charge in [0.15, 0.2) is 0 Å². The van der Waals surface area contributed by atoms with Crippen molar-refractivity contribution in [1.29, 1.82) is 0 Å². The monoisotopic (exact) mass is 184 g/mol. The molecule has 13 heavy (non-hydrogen) atoms. The largest absolute Gasteiger partial charge is 0.392 e. The zero-order chi connectivity index (χ0) is 10.0. The topological polar surface area (TPSA) is 66.6 Å². The van der Waals surface area contributed by atoms with Gasteiger partial charge in [-0.15, -0.1) is 6.58 Å². The second-order valence-electron chi connectivity index (χ2n) is 3.48. The minimum atomic E-state index is -0.445. The summed E-state index contributed by atoms with van der Waals surface area (Å²) in [4.78, 5) is 12.9. The first-order valence-corrected chi connectivity index (χ1v) is 4.42. The number of amides is 1. The van der Waals surface area contributed by atoms with E-state index in [0.29, 0.717) is 13.0 Å². The number of likely N-dealkylation sites (tertiary alicyclic amines) is 1. The molecule has 1 fully saturated rings. The van der Waals surface area contributed by atoms with Crippen LogP contribution >= 0.6 is 0 Å². The third kappa shape index (κ3) is 2.08. The number of rotatable bonds is 3. The Morgan fingerprint density at radius 2 is 2.46 bits per heavy atom. The molecule has 0 spiro atoms. The molecule has 1 rings (SSSR count). The van der Waals surface area contributed by atoms with Gasteiger partial charge >= 0.3 is 0 Å². The van der Waals surface area contributed by atoms with Crippen molar-refractivity contribution in [3.63, 3.8) is 0 Å². The van der Waals surface area contributed by atoms with Crippen LogP contribution in [0.4, 0.5) is 0 Å². The van der Waals surface area contributed by atoms with Crippen LogP contribution in [0, 0.1) is 0 Å². The molecule has 0 aromatic carbocycles. The maximum absolute atomic E-state index is 11.0. The summed E-state index contributed by atoms with van der Waals surface area (Å²) in [6, 6.07) is -0.266. The second-order valence-corrected chi connectivity index (χ2v) is 3.48. The number of hydrogen-bond acceptors (Lipinski definition) is 3. The van der Waals surface area contributed by atoms with E-state index < -0.39 is 6.10 Å². The number of nitrogens with two attached hydrogens (primary N) is 1. The minimum absolute atomic E-state index is 0.0784. The lowest BCUT2D eigenvalue weighted by atomic mass is 10.1. The van der Waals surface area contributed by atoms with Gasteiger partial charge in [-0.1, -0.05) is 6.08 Å². The highest BCUT2D eigenvalue weighted by Gasteiger charge is 2.36. The summed E-state index contributed by atoms with van der Waals surface area (Å²) in [6.07, 6.45) is 1.74. The quantitative estimate of drug-likeness (QED) is 0.580. The highest BCUT2D eigenvalue weighted by atomic mass is 16.3. The van der Waals surface area contributed by atoms with E-state index >= 15 is 0 Å². The lowest BCUT2D eigenvalue weighted by Crippen LogP contribution is -2.44. The van der Waals surface area contributed by atoms with Crippen LogP contribution in [0.15, 0.2) is 12.7 Å². The second kappa shape index (κ2) is 3.89. The van der Waals surface area contributed by atoms with Crippen LogP contribution in [0.5, 0.6) is 0 Å². The third-order valence-electron chi connectivity index (χ3n) is 2.51. The molecule has 4 nitrogen and oxygen atoms in total. The standard InChI is InChI=1S/C9H16N2O2/c1-3-6(2)11-5-7(12)4-8(11)9(10)13/h3,6-8,12H,1,4-5H2,2H3,(H2,10,13). The van der Waals surface area contributed by atoms with Gasteiger partial charge in [0, 0.05) is 12.6 Å². The first-order valence-electron chi connectivity index (χ1n) is 4.42. The van der Waals surface area contributed by atoms with Crippen molar-refractivity contribution < 1.29 is 9.90 Å². The maximum atomic E-state index is 11.0. The van der Waals surface area contributed by atoms with Gasteiger partial charge in [0.1, 0.15) is 0 Å². The molecule has 74 valence electrons. The lowest BCUT2D eigenvalue weighted by molar-refractivity contribution is -0.122. The zero-order valence-electron chi connectivity index (χ0n) is 7.81. The van der Waals surface area contributed by atoms with Gasteiger partial charge in [-0.2, -0.15) is 0 Å². The summed E-state index contributed by atoms with van der Waals surface area (Å²) in [5.74, 6) is -0.370. The SMILES string of the molecule is C=CC(C)N1CC(O)CC1C(N)=O. The lowest BCUT2D eigenvalue weighted by Gasteiger charge is -2.25. The van der Waals surface area contributed by atoms with E-state index in [4.69, 9.17) is 5.73 Å². The van der Waals surface area contributed by atoms with Crippen molar-refractivity contribution in [3.05, 3.63) is 12.7 Å². The van der Waals surface area contributed by atoms with E-state index in [9.17, 15) is 9.90 Å². The third-order valence-corrected chi connectivity index (χ3v) is 2.51. The van der Waals surface area contributed by atoms with Crippen molar-refractivity contribution in [3.8, 4) is 0 Å². The van der Waals surface area contributed by atoms with Crippen LogP contribution in [0.1, 0.15) is 13.3 Å². The molecule has 3 unspecified atom stereocenters. The fraction of sp³-hybridized carbons (Fsp3) is 0.667. The number of primary amides is 1. The Hall–Kier alpha value is -0.870. The van der Waals surface area contributed by atoms with Crippen LogP contribution in [-0.2, 0) is 4.79 Å². The normalized spacial score (nSPS) is 31.5. The van der Waals surface area contributed by atoms with Gasteiger partial charge in [-0.05, 0) is 13.3 Å². The molecule has 0 radical (unpaired) electrons. The number of carbonyl (C=O) groups is 1. The van der Waals surface area contributed by atoms with Gasteiger partial charge < -0.3 is 10.8 Å². The minimum Gasteiger partial charge on any atom is -0.392 e. The number of aliphatic hydroxyl groups is 1. The molecule has 4 heteroatoms. The van der Waals surface area contributed by atoms with Crippen LogP contribution < -0.4 is 5.73 Å². The van der Waals surface area contributed by atoms with Gasteiger partial charge in [-0.3, -0.25) is 9.69 Å². The molecule has 1 aliphatic rings. The van der Waals surface area contributed by atoms with Crippen molar-refractivity contribution >= 4 is 5.91 Å². The van der Waals surface area contributed by atoms with Crippen LogP contribution in [0.25, 0.3) is 0 Å². The Kier molecular flexibility index (Phi) is 3.06. The van der Waals surface area contributed by atoms with E-state index in [2.05, 4.69) is 6.58 Å². The number of nitrogens with zero attached hydrogens (tertiary/aromatic N) is 1. The molecule has 0 aromatic rings. The number of β-amino-alcohol motifs (C(OH)–C–C–N with tert-alkyl or cyclic N) is 1.